The van der Waals surface area contributed by atoms with Crippen LogP contribution in [0.5, 0.6) is 0 Å². The molecule has 2 aromatic heterocycles. The lowest BCUT2D eigenvalue weighted by Gasteiger charge is -2.08. The summed E-state index contributed by atoms with van der Waals surface area (Å²) in [5.74, 6) is -0.484. The van der Waals surface area contributed by atoms with Crippen LogP contribution in [0.25, 0.3) is 22.4 Å². The number of nitrogen functional groups attached to an aromatic ring is 1. The second-order valence-corrected chi connectivity index (χ2v) is 5.13. The standard InChI is InChI=1S/C14H9Cl2N3O3/c1-21-14(20)10-9(16)12(17)19-13(18-10)7-2-3-8(15)11-6(7)4-5-22-11/h2-5H,1H3,(H2,17,18,19). The zero-order valence-electron chi connectivity index (χ0n) is 11.3. The number of nitrogens with two attached hydrogens (primary N) is 1. The summed E-state index contributed by atoms with van der Waals surface area (Å²) in [6, 6.07) is 5.08. The highest BCUT2D eigenvalue weighted by Crippen LogP contribution is 2.34. The average molecular weight is 338 g/mol. The van der Waals surface area contributed by atoms with E-state index in [0.717, 1.165) is 0 Å². The summed E-state index contributed by atoms with van der Waals surface area (Å²) in [4.78, 5) is 20.0. The van der Waals surface area contributed by atoms with Crippen LogP contribution >= 0.6 is 23.2 Å². The Morgan fingerprint density at radius 3 is 2.77 bits per heavy atom. The molecule has 0 aliphatic rings. The van der Waals surface area contributed by atoms with E-state index in [0.29, 0.717) is 21.6 Å². The smallest absolute Gasteiger partial charge is 0.358 e. The third-order valence-corrected chi connectivity index (χ3v) is 3.74. The maximum absolute atomic E-state index is 11.7. The molecule has 0 fully saturated rings. The lowest BCUT2D eigenvalue weighted by molar-refractivity contribution is 0.0594. The Balaban J connectivity index is 2.27. The number of ether oxygens (including phenoxy) is 1. The maximum atomic E-state index is 11.7. The van der Waals surface area contributed by atoms with Crippen molar-refractivity contribution >= 4 is 46.0 Å². The maximum Gasteiger partial charge on any atom is 0.358 e. The van der Waals surface area contributed by atoms with E-state index in [-0.39, 0.29) is 22.4 Å². The van der Waals surface area contributed by atoms with Crippen LogP contribution in [0.4, 0.5) is 5.82 Å². The SMILES string of the molecule is COC(=O)c1nc(-c2ccc(Cl)c3occc23)nc(N)c1Cl. The van der Waals surface area contributed by atoms with Crippen molar-refractivity contribution in [3.8, 4) is 11.4 Å². The predicted molar refractivity (Wildman–Crippen MR) is 83.0 cm³/mol. The van der Waals surface area contributed by atoms with Crippen LogP contribution < -0.4 is 5.73 Å². The van der Waals surface area contributed by atoms with Gasteiger partial charge in [0.2, 0.25) is 0 Å². The number of carbonyl (C=O) groups excluding carboxylic acids is 1. The molecule has 0 aliphatic carbocycles. The molecule has 0 radical (unpaired) electrons. The fourth-order valence-electron chi connectivity index (χ4n) is 2.04. The number of carbonyl (C=O) groups is 1. The number of hydrogen-bond donors (Lipinski definition) is 1. The fraction of sp³-hybridized carbons (Fsp3) is 0.0714. The van der Waals surface area contributed by atoms with Crippen LogP contribution in [-0.4, -0.2) is 23.0 Å². The van der Waals surface area contributed by atoms with E-state index in [1.807, 2.05) is 0 Å². The number of benzene rings is 1. The number of nitrogens with zero attached hydrogens (tertiary/aromatic N) is 2. The molecule has 22 heavy (non-hydrogen) atoms. The van der Waals surface area contributed by atoms with Crippen molar-refractivity contribution in [3.63, 3.8) is 0 Å². The molecule has 112 valence electrons. The number of furan rings is 1. The van der Waals surface area contributed by atoms with Crippen LogP contribution in [-0.2, 0) is 4.74 Å². The summed E-state index contributed by atoms with van der Waals surface area (Å²) in [5.41, 5.74) is 6.77. The van der Waals surface area contributed by atoms with Gasteiger partial charge in [-0.15, -0.1) is 0 Å². The quantitative estimate of drug-likeness (QED) is 0.718. The van der Waals surface area contributed by atoms with Gasteiger partial charge in [0.05, 0.1) is 18.4 Å². The van der Waals surface area contributed by atoms with Crippen molar-refractivity contribution in [3.05, 3.63) is 40.2 Å². The lowest BCUT2D eigenvalue weighted by Crippen LogP contribution is -2.10. The van der Waals surface area contributed by atoms with E-state index in [9.17, 15) is 4.79 Å². The Bertz CT molecular complexity index is 892. The van der Waals surface area contributed by atoms with Crippen LogP contribution in [0.2, 0.25) is 10.0 Å². The largest absolute Gasteiger partial charge is 0.464 e. The predicted octanol–water partition coefficient (Wildman–Crippen LogP) is 3.57. The summed E-state index contributed by atoms with van der Waals surface area (Å²) < 4.78 is 9.97. The van der Waals surface area contributed by atoms with Gasteiger partial charge in [0.1, 0.15) is 10.8 Å². The number of halogens is 2. The highest BCUT2D eigenvalue weighted by molar-refractivity contribution is 6.36. The topological polar surface area (TPSA) is 91.2 Å². The molecule has 0 amide bonds. The number of fused-ring (bicyclic) bond motifs is 1. The third kappa shape index (κ3) is 2.26. The summed E-state index contributed by atoms with van der Waals surface area (Å²) >= 11 is 12.0. The fourth-order valence-corrected chi connectivity index (χ4v) is 2.41. The molecular weight excluding hydrogens is 329 g/mol. The van der Waals surface area contributed by atoms with Crippen molar-refractivity contribution in [2.24, 2.45) is 0 Å². The van der Waals surface area contributed by atoms with Gasteiger partial charge in [-0.2, -0.15) is 0 Å². The van der Waals surface area contributed by atoms with E-state index in [1.54, 1.807) is 18.2 Å². The highest BCUT2D eigenvalue weighted by atomic mass is 35.5. The first-order valence-electron chi connectivity index (χ1n) is 6.10. The Labute approximate surface area is 134 Å². The minimum absolute atomic E-state index is 0.0151. The van der Waals surface area contributed by atoms with Gasteiger partial charge in [0.15, 0.2) is 17.1 Å². The second kappa shape index (κ2) is 5.47. The van der Waals surface area contributed by atoms with E-state index in [4.69, 9.17) is 33.4 Å². The van der Waals surface area contributed by atoms with E-state index in [1.165, 1.54) is 13.4 Å². The van der Waals surface area contributed by atoms with Crippen LogP contribution in [0.3, 0.4) is 0 Å². The number of rotatable bonds is 2. The van der Waals surface area contributed by atoms with Crippen LogP contribution in [0.15, 0.2) is 28.9 Å². The van der Waals surface area contributed by atoms with Crippen LogP contribution in [0.1, 0.15) is 10.5 Å². The number of aromatic nitrogens is 2. The van der Waals surface area contributed by atoms with Gasteiger partial charge in [-0.1, -0.05) is 23.2 Å². The first-order chi connectivity index (χ1) is 10.5. The Morgan fingerprint density at radius 2 is 2.05 bits per heavy atom. The molecule has 1 aromatic carbocycles. The molecule has 0 unspecified atom stereocenters. The monoisotopic (exact) mass is 337 g/mol. The molecule has 2 heterocycles. The zero-order chi connectivity index (χ0) is 15.9. The van der Waals surface area contributed by atoms with Crippen LogP contribution in [0, 0.1) is 0 Å². The first kappa shape index (κ1) is 14.6. The molecule has 3 aromatic rings. The normalized spacial score (nSPS) is 10.9. The molecule has 2 N–H and O–H groups in total. The zero-order valence-corrected chi connectivity index (χ0v) is 12.8. The summed E-state index contributed by atoms with van der Waals surface area (Å²) in [6.45, 7) is 0. The average Bonchev–Trinajstić information content (AvgIpc) is 3.00. The Morgan fingerprint density at radius 1 is 1.27 bits per heavy atom. The second-order valence-electron chi connectivity index (χ2n) is 4.34. The van der Waals surface area contributed by atoms with E-state index in [2.05, 4.69) is 14.7 Å². The molecule has 8 heteroatoms. The van der Waals surface area contributed by atoms with Gasteiger partial charge in [0, 0.05) is 10.9 Å². The van der Waals surface area contributed by atoms with Gasteiger partial charge < -0.3 is 14.9 Å². The van der Waals surface area contributed by atoms with Gasteiger partial charge in [-0.05, 0) is 18.2 Å². The lowest BCUT2D eigenvalue weighted by atomic mass is 10.1. The van der Waals surface area contributed by atoms with Gasteiger partial charge >= 0.3 is 5.97 Å². The molecule has 6 nitrogen and oxygen atoms in total. The number of hydrogen-bond acceptors (Lipinski definition) is 6. The molecule has 3 rings (SSSR count). The molecule has 0 spiro atoms. The number of anilines is 1. The van der Waals surface area contributed by atoms with Gasteiger partial charge in [-0.3, -0.25) is 0 Å². The number of esters is 1. The summed E-state index contributed by atoms with van der Waals surface area (Å²) in [5, 5.41) is 1.11. The highest BCUT2D eigenvalue weighted by Gasteiger charge is 2.20. The van der Waals surface area contributed by atoms with Gasteiger partial charge in [0.25, 0.3) is 0 Å². The van der Waals surface area contributed by atoms with Crippen molar-refractivity contribution in [2.45, 2.75) is 0 Å². The first-order valence-corrected chi connectivity index (χ1v) is 6.86. The third-order valence-electron chi connectivity index (χ3n) is 3.07. The summed E-state index contributed by atoms with van der Waals surface area (Å²) in [7, 11) is 1.23. The minimum Gasteiger partial charge on any atom is -0.464 e. The molecule has 0 bridgehead atoms. The number of methoxy groups -OCH3 is 1. The Kier molecular flexibility index (Phi) is 3.64. The van der Waals surface area contributed by atoms with Crippen molar-refractivity contribution in [1.29, 1.82) is 0 Å². The van der Waals surface area contributed by atoms with Crippen molar-refractivity contribution in [1.82, 2.24) is 9.97 Å². The molecule has 0 saturated carbocycles. The van der Waals surface area contributed by atoms with E-state index >= 15 is 0 Å². The Hall–Kier alpha value is -2.31. The van der Waals surface area contributed by atoms with Gasteiger partial charge in [-0.25, -0.2) is 14.8 Å². The molecule has 0 atom stereocenters. The molecule has 0 saturated heterocycles. The van der Waals surface area contributed by atoms with Crippen molar-refractivity contribution < 1.29 is 13.9 Å². The van der Waals surface area contributed by atoms with E-state index < -0.39 is 5.97 Å². The van der Waals surface area contributed by atoms with Crippen molar-refractivity contribution in [2.75, 3.05) is 12.8 Å². The molecule has 0 aliphatic heterocycles. The minimum atomic E-state index is -0.697. The molecular formula is C14H9Cl2N3O3. The summed E-state index contributed by atoms with van der Waals surface area (Å²) in [6.07, 6.45) is 1.50.